The molecule has 0 aliphatic rings. The molecule has 7 nitrogen and oxygen atoms in total. The first-order valence-electron chi connectivity index (χ1n) is 5.14. The minimum Gasteiger partial charge on any atom is -0.366 e. The minimum atomic E-state index is -3.82. The monoisotopic (exact) mass is 268 g/mol. The predicted octanol–water partition coefficient (Wildman–Crippen LogP) is -0.413. The molecular weight excluding hydrogens is 256 g/mol. The molecule has 18 heavy (non-hydrogen) atoms. The SMILES string of the molecule is Cn1nccc1CNS(=O)(=O)c1c[nH]ccc1=O. The van der Waals surface area contributed by atoms with Gasteiger partial charge in [0, 0.05) is 31.7 Å². The van der Waals surface area contributed by atoms with Gasteiger partial charge in [0.2, 0.25) is 15.5 Å². The molecule has 0 aliphatic carbocycles. The van der Waals surface area contributed by atoms with Crippen LogP contribution in [0.3, 0.4) is 0 Å². The van der Waals surface area contributed by atoms with E-state index in [9.17, 15) is 13.2 Å². The fraction of sp³-hybridized carbons (Fsp3) is 0.200. The van der Waals surface area contributed by atoms with Crippen molar-refractivity contribution in [2.45, 2.75) is 11.4 Å². The minimum absolute atomic E-state index is 0.0766. The van der Waals surface area contributed by atoms with E-state index in [1.54, 1.807) is 24.0 Å². The molecule has 2 aromatic rings. The Morgan fingerprint density at radius 3 is 2.83 bits per heavy atom. The number of nitrogens with zero attached hydrogens (tertiary/aromatic N) is 2. The lowest BCUT2D eigenvalue weighted by molar-refractivity contribution is 0.576. The number of sulfonamides is 1. The molecule has 0 fully saturated rings. The maximum atomic E-state index is 11.9. The number of nitrogens with one attached hydrogen (secondary N) is 2. The van der Waals surface area contributed by atoms with Crippen molar-refractivity contribution in [1.29, 1.82) is 0 Å². The second-order valence-corrected chi connectivity index (χ2v) is 5.38. The Bertz CT molecular complexity index is 702. The quantitative estimate of drug-likeness (QED) is 0.787. The van der Waals surface area contributed by atoms with Crippen LogP contribution in [-0.2, 0) is 23.6 Å². The lowest BCUT2D eigenvalue weighted by atomic mass is 10.4. The molecule has 0 spiro atoms. The van der Waals surface area contributed by atoms with Crippen molar-refractivity contribution in [3.05, 3.63) is 46.6 Å². The fourth-order valence-corrected chi connectivity index (χ4v) is 2.48. The average molecular weight is 268 g/mol. The van der Waals surface area contributed by atoms with Gasteiger partial charge in [-0.25, -0.2) is 13.1 Å². The first-order chi connectivity index (χ1) is 8.50. The summed E-state index contributed by atoms with van der Waals surface area (Å²) in [4.78, 5) is 13.7. The first-order valence-corrected chi connectivity index (χ1v) is 6.63. The number of aromatic nitrogens is 3. The Labute approximate surface area is 104 Å². The third-order valence-corrected chi connectivity index (χ3v) is 3.87. The normalized spacial score (nSPS) is 11.6. The Morgan fingerprint density at radius 2 is 2.22 bits per heavy atom. The smallest absolute Gasteiger partial charge is 0.246 e. The third-order valence-electron chi connectivity index (χ3n) is 2.44. The number of H-pyrrole nitrogens is 1. The van der Waals surface area contributed by atoms with Crippen molar-refractivity contribution < 1.29 is 8.42 Å². The van der Waals surface area contributed by atoms with Crippen LogP contribution in [-0.4, -0.2) is 23.2 Å². The first kappa shape index (κ1) is 12.5. The molecule has 0 aliphatic heterocycles. The van der Waals surface area contributed by atoms with E-state index in [-0.39, 0.29) is 11.4 Å². The number of hydrogen-bond acceptors (Lipinski definition) is 4. The molecule has 2 heterocycles. The Kier molecular flexibility index (Phi) is 3.30. The molecule has 0 atom stereocenters. The van der Waals surface area contributed by atoms with E-state index >= 15 is 0 Å². The van der Waals surface area contributed by atoms with Crippen molar-refractivity contribution in [1.82, 2.24) is 19.5 Å². The standard InChI is InChI=1S/C10H12N4O3S/c1-14-8(2-5-12-14)6-13-18(16,17)10-7-11-4-3-9(10)15/h2-5,7,13H,6H2,1H3,(H,11,15). The van der Waals surface area contributed by atoms with E-state index in [2.05, 4.69) is 14.8 Å². The summed E-state index contributed by atoms with van der Waals surface area (Å²) in [5.41, 5.74) is 0.150. The van der Waals surface area contributed by atoms with Crippen molar-refractivity contribution in [3.8, 4) is 0 Å². The maximum absolute atomic E-state index is 11.9. The van der Waals surface area contributed by atoms with Gasteiger partial charge >= 0.3 is 0 Å². The van der Waals surface area contributed by atoms with Gasteiger partial charge in [-0.05, 0) is 6.07 Å². The summed E-state index contributed by atoms with van der Waals surface area (Å²) in [6, 6.07) is 2.86. The highest BCUT2D eigenvalue weighted by Gasteiger charge is 2.17. The van der Waals surface area contributed by atoms with Gasteiger partial charge in [0.1, 0.15) is 4.90 Å². The van der Waals surface area contributed by atoms with Crippen molar-refractivity contribution in [2.24, 2.45) is 7.05 Å². The fourth-order valence-electron chi connectivity index (χ4n) is 1.43. The van der Waals surface area contributed by atoms with E-state index in [1.807, 2.05) is 0 Å². The summed E-state index contributed by atoms with van der Waals surface area (Å²) >= 11 is 0. The van der Waals surface area contributed by atoms with E-state index < -0.39 is 15.5 Å². The van der Waals surface area contributed by atoms with Crippen LogP contribution in [0.5, 0.6) is 0 Å². The van der Waals surface area contributed by atoms with Crippen molar-refractivity contribution >= 4 is 10.0 Å². The van der Waals surface area contributed by atoms with Gasteiger partial charge in [0.25, 0.3) is 0 Å². The van der Waals surface area contributed by atoms with Gasteiger partial charge in [-0.1, -0.05) is 0 Å². The molecule has 0 bridgehead atoms. The zero-order valence-electron chi connectivity index (χ0n) is 9.62. The Balaban J connectivity index is 2.21. The number of aryl methyl sites for hydroxylation is 1. The molecular formula is C10H12N4O3S. The number of pyridine rings is 1. The third kappa shape index (κ3) is 2.49. The average Bonchev–Trinajstić information content (AvgIpc) is 2.73. The molecule has 0 saturated heterocycles. The van der Waals surface area contributed by atoms with Gasteiger partial charge in [-0.3, -0.25) is 9.48 Å². The molecule has 0 unspecified atom stereocenters. The van der Waals surface area contributed by atoms with Gasteiger partial charge in [0.15, 0.2) is 0 Å². The van der Waals surface area contributed by atoms with E-state index in [1.165, 1.54) is 12.3 Å². The summed E-state index contributed by atoms with van der Waals surface area (Å²) in [5, 5.41) is 3.92. The number of hydrogen-bond donors (Lipinski definition) is 2. The van der Waals surface area contributed by atoms with Gasteiger partial charge in [0.05, 0.1) is 12.2 Å². The maximum Gasteiger partial charge on any atom is 0.246 e. The zero-order chi connectivity index (χ0) is 13.2. The summed E-state index contributed by atoms with van der Waals surface area (Å²) in [6.07, 6.45) is 4.11. The van der Waals surface area contributed by atoms with E-state index in [4.69, 9.17) is 0 Å². The molecule has 0 amide bonds. The largest absolute Gasteiger partial charge is 0.366 e. The molecule has 2 N–H and O–H groups in total. The summed E-state index contributed by atoms with van der Waals surface area (Å²) in [5.74, 6) is 0. The van der Waals surface area contributed by atoms with Crippen LogP contribution in [0.4, 0.5) is 0 Å². The van der Waals surface area contributed by atoms with Crippen molar-refractivity contribution in [3.63, 3.8) is 0 Å². The summed E-state index contributed by atoms with van der Waals surface area (Å²) < 4.78 is 27.7. The van der Waals surface area contributed by atoms with Gasteiger partial charge in [-0.2, -0.15) is 5.10 Å². The molecule has 2 rings (SSSR count). The lowest BCUT2D eigenvalue weighted by Crippen LogP contribution is -2.28. The molecule has 0 radical (unpaired) electrons. The summed E-state index contributed by atoms with van der Waals surface area (Å²) in [7, 11) is -2.11. The Hall–Kier alpha value is -1.93. The lowest BCUT2D eigenvalue weighted by Gasteiger charge is -2.06. The highest BCUT2D eigenvalue weighted by atomic mass is 32.2. The molecule has 0 saturated carbocycles. The number of rotatable bonds is 4. The molecule has 96 valence electrons. The molecule has 8 heteroatoms. The Morgan fingerprint density at radius 1 is 1.44 bits per heavy atom. The second-order valence-electron chi connectivity index (χ2n) is 3.64. The van der Waals surface area contributed by atoms with Crippen LogP contribution in [0.1, 0.15) is 5.69 Å². The van der Waals surface area contributed by atoms with Crippen LogP contribution in [0, 0.1) is 0 Å². The van der Waals surface area contributed by atoms with Crippen LogP contribution < -0.4 is 10.2 Å². The summed E-state index contributed by atoms with van der Waals surface area (Å²) in [6.45, 7) is 0.0766. The zero-order valence-corrected chi connectivity index (χ0v) is 10.4. The van der Waals surface area contributed by atoms with E-state index in [0.717, 1.165) is 6.20 Å². The molecule has 2 aromatic heterocycles. The second kappa shape index (κ2) is 4.75. The van der Waals surface area contributed by atoms with Gasteiger partial charge < -0.3 is 4.98 Å². The highest BCUT2D eigenvalue weighted by Crippen LogP contribution is 2.02. The van der Waals surface area contributed by atoms with Crippen LogP contribution in [0.25, 0.3) is 0 Å². The van der Waals surface area contributed by atoms with E-state index in [0.29, 0.717) is 5.69 Å². The highest BCUT2D eigenvalue weighted by molar-refractivity contribution is 7.89. The van der Waals surface area contributed by atoms with Crippen LogP contribution in [0.15, 0.2) is 40.4 Å². The topological polar surface area (TPSA) is 96.8 Å². The van der Waals surface area contributed by atoms with Gasteiger partial charge in [-0.15, -0.1) is 0 Å². The van der Waals surface area contributed by atoms with Crippen LogP contribution >= 0.6 is 0 Å². The molecule has 0 aromatic carbocycles. The van der Waals surface area contributed by atoms with Crippen molar-refractivity contribution in [2.75, 3.05) is 0 Å². The predicted molar refractivity (Wildman–Crippen MR) is 64.3 cm³/mol. The number of aromatic amines is 1. The van der Waals surface area contributed by atoms with Crippen LogP contribution in [0.2, 0.25) is 0 Å².